The first-order valence-corrected chi connectivity index (χ1v) is 17.1. The zero-order chi connectivity index (χ0) is 30.1. The molecule has 1 aliphatic carbocycles. The maximum absolute atomic E-state index is 15.7. The monoisotopic (exact) mass is 634 g/mol. The van der Waals surface area contributed by atoms with Gasteiger partial charge in [-0.05, 0) is 100 Å². The van der Waals surface area contributed by atoms with Crippen molar-refractivity contribution in [2.24, 2.45) is 11.8 Å². The molecule has 0 bridgehead atoms. The van der Waals surface area contributed by atoms with Gasteiger partial charge in [-0.2, -0.15) is 13.2 Å². The summed E-state index contributed by atoms with van der Waals surface area (Å²) in [5.74, 6) is -4.11. The first kappa shape index (κ1) is 29.8. The Balaban J connectivity index is 1.45. The maximum Gasteiger partial charge on any atom is 0.416 e. The zero-order valence-electron chi connectivity index (χ0n) is 22.5. The summed E-state index contributed by atoms with van der Waals surface area (Å²) < 4.78 is 132. The molecule has 2 aromatic rings. The molecule has 14 heteroatoms. The fraction of sp³-hybridized carbons (Fsp3) is 0.571. The summed E-state index contributed by atoms with van der Waals surface area (Å²) in [5.41, 5.74) is -1.54. The highest BCUT2D eigenvalue weighted by Gasteiger charge is 2.64. The maximum atomic E-state index is 15.7. The van der Waals surface area contributed by atoms with Crippen molar-refractivity contribution in [3.05, 3.63) is 59.2 Å². The van der Waals surface area contributed by atoms with Crippen LogP contribution >= 0.6 is 0 Å². The molecule has 2 aromatic carbocycles. The SMILES string of the molecule is O=S1(=O)N[C@@H]2CC[C@@]3(S(=O)(=O)c4ccc(C(F)(F)F)cc4)c4c(F)ccc(F)c4OC[C@H]3[C@@H]2C[C@H]1CCN1CCCC1. The predicted molar refractivity (Wildman–Crippen MR) is 143 cm³/mol. The van der Waals surface area contributed by atoms with Gasteiger partial charge in [0.05, 0.1) is 27.9 Å². The second kappa shape index (κ2) is 10.4. The highest BCUT2D eigenvalue weighted by Crippen LogP contribution is 2.59. The summed E-state index contributed by atoms with van der Waals surface area (Å²) in [6.45, 7) is 1.98. The van der Waals surface area contributed by atoms with E-state index in [1.54, 1.807) is 0 Å². The summed E-state index contributed by atoms with van der Waals surface area (Å²) in [4.78, 5) is 1.72. The van der Waals surface area contributed by atoms with Gasteiger partial charge in [-0.15, -0.1) is 0 Å². The Labute approximate surface area is 241 Å². The van der Waals surface area contributed by atoms with Crippen molar-refractivity contribution in [2.45, 2.75) is 65.6 Å². The number of fused-ring (bicyclic) bond motifs is 5. The molecule has 0 unspecified atom stereocenters. The smallest absolute Gasteiger partial charge is 0.416 e. The molecule has 0 aromatic heterocycles. The number of nitrogens with one attached hydrogen (secondary N) is 1. The molecule has 4 aliphatic rings. The van der Waals surface area contributed by atoms with Crippen molar-refractivity contribution in [1.82, 2.24) is 9.62 Å². The summed E-state index contributed by atoms with van der Waals surface area (Å²) in [5, 5.41) is -0.831. The zero-order valence-corrected chi connectivity index (χ0v) is 24.2. The third-order valence-corrected chi connectivity index (χ3v) is 14.1. The minimum absolute atomic E-state index is 0.00843. The fourth-order valence-corrected chi connectivity index (χ4v) is 11.7. The minimum Gasteiger partial charge on any atom is -0.490 e. The van der Waals surface area contributed by atoms with Crippen LogP contribution in [0.2, 0.25) is 0 Å². The summed E-state index contributed by atoms with van der Waals surface area (Å²) in [6.07, 6.45) is -2.49. The minimum atomic E-state index is -4.70. The van der Waals surface area contributed by atoms with Crippen molar-refractivity contribution in [1.29, 1.82) is 0 Å². The molecule has 6 rings (SSSR count). The predicted octanol–water partition coefficient (Wildman–Crippen LogP) is 4.62. The Hall–Kier alpha value is -2.29. The standard InChI is InChI=1S/C28H31F5N2O5S2/c29-22-7-8-23(30)26-25(22)27(41(36,37)18-5-3-17(4-6-18)28(31,32)33)11-9-24-20(21(27)16-40-26)15-19(42(38,39)34-24)10-14-35-12-1-2-13-35/h3-8,19-21,24,34H,1-2,9-16H2/t19-,20+,21+,24-,27+/m1/s1. The molecule has 1 saturated carbocycles. The number of likely N-dealkylation sites (tertiary alicyclic amines) is 1. The molecule has 5 atom stereocenters. The van der Waals surface area contributed by atoms with Crippen LogP contribution in [0.3, 0.4) is 0 Å². The Kier molecular flexibility index (Phi) is 7.38. The summed E-state index contributed by atoms with van der Waals surface area (Å²) in [7, 11) is -8.39. The van der Waals surface area contributed by atoms with Crippen LogP contribution < -0.4 is 9.46 Å². The van der Waals surface area contributed by atoms with E-state index >= 15 is 4.39 Å². The van der Waals surface area contributed by atoms with E-state index in [1.807, 2.05) is 0 Å². The van der Waals surface area contributed by atoms with Crippen molar-refractivity contribution in [3.8, 4) is 5.75 Å². The lowest BCUT2D eigenvalue weighted by Crippen LogP contribution is -2.64. The second-order valence-electron chi connectivity index (χ2n) is 11.7. The molecular weight excluding hydrogens is 603 g/mol. The lowest BCUT2D eigenvalue weighted by Gasteiger charge is -2.55. The van der Waals surface area contributed by atoms with Crippen LogP contribution in [0, 0.1) is 23.5 Å². The van der Waals surface area contributed by atoms with Gasteiger partial charge in [0.1, 0.15) is 10.6 Å². The Morgan fingerprint density at radius 2 is 1.69 bits per heavy atom. The van der Waals surface area contributed by atoms with Gasteiger partial charge in [0.25, 0.3) is 0 Å². The number of hydrogen-bond donors (Lipinski definition) is 1. The average molecular weight is 635 g/mol. The van der Waals surface area contributed by atoms with Crippen molar-refractivity contribution in [2.75, 3.05) is 26.2 Å². The lowest BCUT2D eigenvalue weighted by atomic mass is 9.64. The van der Waals surface area contributed by atoms with E-state index in [4.69, 9.17) is 4.74 Å². The van der Waals surface area contributed by atoms with E-state index in [9.17, 15) is 34.4 Å². The molecule has 42 heavy (non-hydrogen) atoms. The molecule has 2 saturated heterocycles. The van der Waals surface area contributed by atoms with Gasteiger partial charge < -0.3 is 9.64 Å². The first-order chi connectivity index (χ1) is 19.8. The lowest BCUT2D eigenvalue weighted by molar-refractivity contribution is -0.137. The van der Waals surface area contributed by atoms with E-state index in [0.29, 0.717) is 25.1 Å². The van der Waals surface area contributed by atoms with Gasteiger partial charge in [-0.25, -0.2) is 30.3 Å². The molecule has 230 valence electrons. The molecule has 0 spiro atoms. The van der Waals surface area contributed by atoms with Gasteiger partial charge >= 0.3 is 6.18 Å². The number of halogens is 5. The van der Waals surface area contributed by atoms with Gasteiger partial charge in [-0.3, -0.25) is 0 Å². The third-order valence-electron chi connectivity index (χ3n) is 9.58. The van der Waals surface area contributed by atoms with Gasteiger partial charge in [0, 0.05) is 12.0 Å². The number of hydrogen-bond acceptors (Lipinski definition) is 6. The van der Waals surface area contributed by atoms with Crippen molar-refractivity contribution in [3.63, 3.8) is 0 Å². The van der Waals surface area contributed by atoms with E-state index in [2.05, 4.69) is 9.62 Å². The number of benzene rings is 2. The number of sulfone groups is 1. The third kappa shape index (κ3) is 4.72. The highest BCUT2D eigenvalue weighted by atomic mass is 32.2. The van der Waals surface area contributed by atoms with E-state index in [1.165, 1.54) is 0 Å². The van der Waals surface area contributed by atoms with Crippen LogP contribution in [0.5, 0.6) is 5.75 Å². The first-order valence-electron chi connectivity index (χ1n) is 14.0. The Bertz CT molecular complexity index is 1580. The van der Waals surface area contributed by atoms with Gasteiger partial charge in [0.2, 0.25) is 10.0 Å². The topological polar surface area (TPSA) is 92.8 Å². The van der Waals surface area contributed by atoms with Crippen molar-refractivity contribution >= 4 is 19.9 Å². The van der Waals surface area contributed by atoms with Crippen molar-refractivity contribution < 1.29 is 43.5 Å². The average Bonchev–Trinajstić information content (AvgIpc) is 3.46. The Morgan fingerprint density at radius 3 is 2.36 bits per heavy atom. The van der Waals surface area contributed by atoms with E-state index < -0.39 is 87.3 Å². The largest absolute Gasteiger partial charge is 0.490 e. The molecular formula is C28H31F5N2O5S2. The second-order valence-corrected chi connectivity index (χ2v) is 15.9. The number of rotatable bonds is 5. The fourth-order valence-electron chi connectivity index (χ4n) is 7.53. The normalized spacial score (nSPS) is 31.1. The van der Waals surface area contributed by atoms with Crippen LogP contribution in [0.25, 0.3) is 0 Å². The quantitative estimate of drug-likeness (QED) is 0.483. The molecule has 3 heterocycles. The molecule has 1 N–H and O–H groups in total. The number of alkyl halides is 3. The van der Waals surface area contributed by atoms with E-state index in [-0.39, 0.29) is 25.9 Å². The van der Waals surface area contributed by atoms with Crippen LogP contribution in [-0.2, 0) is 30.8 Å². The Morgan fingerprint density at radius 1 is 1.02 bits per heavy atom. The summed E-state index contributed by atoms with van der Waals surface area (Å²) >= 11 is 0. The number of sulfonamides is 1. The van der Waals surface area contributed by atoms with Crippen LogP contribution in [0.1, 0.15) is 49.7 Å². The van der Waals surface area contributed by atoms with Crippen LogP contribution in [0.4, 0.5) is 22.0 Å². The van der Waals surface area contributed by atoms with Gasteiger partial charge in [0.15, 0.2) is 21.4 Å². The molecule has 7 nitrogen and oxygen atoms in total. The number of ether oxygens (including phenoxy) is 1. The molecule has 0 amide bonds. The van der Waals surface area contributed by atoms with Crippen LogP contribution in [0.15, 0.2) is 41.3 Å². The molecule has 0 radical (unpaired) electrons. The molecule has 3 fully saturated rings. The van der Waals surface area contributed by atoms with Gasteiger partial charge in [-0.1, -0.05) is 0 Å². The van der Waals surface area contributed by atoms with E-state index in [0.717, 1.165) is 50.2 Å². The van der Waals surface area contributed by atoms with Crippen LogP contribution in [-0.4, -0.2) is 59.3 Å². The molecule has 3 aliphatic heterocycles. The number of nitrogens with zero attached hydrogens (tertiary/aromatic N) is 1. The summed E-state index contributed by atoms with van der Waals surface area (Å²) in [6, 6.07) is 3.97. The highest BCUT2D eigenvalue weighted by molar-refractivity contribution is 7.92.